The summed E-state index contributed by atoms with van der Waals surface area (Å²) < 4.78 is 0. The summed E-state index contributed by atoms with van der Waals surface area (Å²) >= 11 is 0. The maximum atomic E-state index is 11.7. The maximum Gasteiger partial charge on any atom is 0.242 e. The Hall–Kier alpha value is -2.37. The molecule has 1 aromatic carbocycles. The highest BCUT2D eigenvalue weighted by molar-refractivity contribution is 5.88. The minimum Gasteiger partial charge on any atom is -0.350 e. The molecule has 3 N–H and O–H groups in total. The van der Waals surface area contributed by atoms with Gasteiger partial charge in [-0.15, -0.1) is 0 Å². The van der Waals surface area contributed by atoms with Gasteiger partial charge in [-0.1, -0.05) is 12.1 Å². The zero-order chi connectivity index (χ0) is 15.1. The Labute approximate surface area is 117 Å². The fraction of sp³-hybridized carbons (Fsp3) is 0.357. The Balaban J connectivity index is 2.47. The zero-order valence-electron chi connectivity index (χ0n) is 11.8. The number of hydrogen-bond donors (Lipinski definition) is 3. The van der Waals surface area contributed by atoms with E-state index in [0.717, 1.165) is 5.56 Å². The van der Waals surface area contributed by atoms with Crippen LogP contribution in [-0.4, -0.2) is 23.8 Å². The Bertz CT molecular complexity index is 497. The fourth-order valence-electron chi connectivity index (χ4n) is 1.62. The largest absolute Gasteiger partial charge is 0.350 e. The summed E-state index contributed by atoms with van der Waals surface area (Å²) in [5, 5.41) is 7.90. The van der Waals surface area contributed by atoms with Crippen molar-refractivity contribution in [2.45, 2.75) is 33.4 Å². The van der Waals surface area contributed by atoms with Crippen molar-refractivity contribution in [3.63, 3.8) is 0 Å². The van der Waals surface area contributed by atoms with Gasteiger partial charge in [0.2, 0.25) is 17.7 Å². The van der Waals surface area contributed by atoms with Gasteiger partial charge in [0, 0.05) is 26.1 Å². The Morgan fingerprint density at radius 3 is 2.15 bits per heavy atom. The standard InChI is InChI=1S/C14H19N3O3/c1-9(16-10(2)18)14(20)15-8-12-4-6-13(7-5-12)17-11(3)19/h4-7,9H,8H2,1-3H3,(H,15,20)(H,16,18)(H,17,19)/t9-/m1/s1. The molecule has 0 heterocycles. The predicted octanol–water partition coefficient (Wildman–Crippen LogP) is 0.786. The SMILES string of the molecule is CC(=O)Nc1ccc(CNC(=O)[C@@H](C)NC(C)=O)cc1. The maximum absolute atomic E-state index is 11.7. The van der Waals surface area contributed by atoms with Crippen molar-refractivity contribution in [3.8, 4) is 0 Å². The zero-order valence-corrected chi connectivity index (χ0v) is 11.8. The summed E-state index contributed by atoms with van der Waals surface area (Å²) in [5.74, 6) is -0.617. The van der Waals surface area contributed by atoms with Gasteiger partial charge in [-0.05, 0) is 24.6 Å². The molecule has 6 heteroatoms. The van der Waals surface area contributed by atoms with E-state index in [1.165, 1.54) is 13.8 Å². The molecule has 3 amide bonds. The molecule has 0 unspecified atom stereocenters. The highest BCUT2D eigenvalue weighted by atomic mass is 16.2. The van der Waals surface area contributed by atoms with Crippen LogP contribution in [0.15, 0.2) is 24.3 Å². The normalized spacial score (nSPS) is 11.3. The number of hydrogen-bond acceptors (Lipinski definition) is 3. The number of anilines is 1. The first-order chi connectivity index (χ1) is 9.38. The molecule has 0 aliphatic heterocycles. The van der Waals surface area contributed by atoms with Crippen molar-refractivity contribution in [3.05, 3.63) is 29.8 Å². The first-order valence-corrected chi connectivity index (χ1v) is 6.30. The van der Waals surface area contributed by atoms with Crippen LogP contribution >= 0.6 is 0 Å². The molecule has 20 heavy (non-hydrogen) atoms. The summed E-state index contributed by atoms with van der Waals surface area (Å²) in [6.07, 6.45) is 0. The molecule has 1 aromatic rings. The van der Waals surface area contributed by atoms with Crippen LogP contribution < -0.4 is 16.0 Å². The molecule has 0 aliphatic carbocycles. The summed E-state index contributed by atoms with van der Waals surface area (Å²) in [7, 11) is 0. The molecule has 108 valence electrons. The summed E-state index contributed by atoms with van der Waals surface area (Å²) in [5.41, 5.74) is 1.61. The molecule has 0 radical (unpaired) electrons. The average Bonchev–Trinajstić information content (AvgIpc) is 2.36. The Kier molecular flexibility index (Phi) is 5.71. The van der Waals surface area contributed by atoms with Crippen LogP contribution in [0.2, 0.25) is 0 Å². The molecule has 0 fully saturated rings. The van der Waals surface area contributed by atoms with Crippen LogP contribution in [0.4, 0.5) is 5.69 Å². The van der Waals surface area contributed by atoms with E-state index in [1.54, 1.807) is 19.1 Å². The van der Waals surface area contributed by atoms with E-state index in [2.05, 4.69) is 16.0 Å². The molecule has 6 nitrogen and oxygen atoms in total. The number of benzene rings is 1. The summed E-state index contributed by atoms with van der Waals surface area (Å²) in [6, 6.07) is 6.59. The topological polar surface area (TPSA) is 87.3 Å². The van der Waals surface area contributed by atoms with E-state index in [4.69, 9.17) is 0 Å². The van der Waals surface area contributed by atoms with Crippen LogP contribution in [0.3, 0.4) is 0 Å². The fourth-order valence-corrected chi connectivity index (χ4v) is 1.62. The number of rotatable bonds is 5. The Morgan fingerprint density at radius 2 is 1.65 bits per heavy atom. The summed E-state index contributed by atoms with van der Waals surface area (Å²) in [4.78, 5) is 33.4. The lowest BCUT2D eigenvalue weighted by Crippen LogP contribution is -2.43. The molecular weight excluding hydrogens is 258 g/mol. The van der Waals surface area contributed by atoms with Crippen LogP contribution in [0.1, 0.15) is 26.3 Å². The van der Waals surface area contributed by atoms with Crippen molar-refractivity contribution < 1.29 is 14.4 Å². The molecule has 0 saturated carbocycles. The van der Waals surface area contributed by atoms with Crippen molar-refractivity contribution in [1.29, 1.82) is 0 Å². The second kappa shape index (κ2) is 7.28. The lowest BCUT2D eigenvalue weighted by Gasteiger charge is -2.13. The van der Waals surface area contributed by atoms with Crippen LogP contribution in [0.25, 0.3) is 0 Å². The quantitative estimate of drug-likeness (QED) is 0.743. The molecule has 0 bridgehead atoms. The smallest absolute Gasteiger partial charge is 0.242 e. The predicted molar refractivity (Wildman–Crippen MR) is 75.9 cm³/mol. The third kappa shape index (κ3) is 5.51. The number of amides is 3. The van der Waals surface area contributed by atoms with Gasteiger partial charge in [-0.25, -0.2) is 0 Å². The van der Waals surface area contributed by atoms with Gasteiger partial charge >= 0.3 is 0 Å². The van der Waals surface area contributed by atoms with E-state index in [9.17, 15) is 14.4 Å². The van der Waals surface area contributed by atoms with Gasteiger partial charge < -0.3 is 16.0 Å². The minimum atomic E-state index is -0.564. The minimum absolute atomic E-state index is 0.129. The van der Waals surface area contributed by atoms with Gasteiger partial charge in [-0.3, -0.25) is 14.4 Å². The van der Waals surface area contributed by atoms with Crippen molar-refractivity contribution in [2.24, 2.45) is 0 Å². The third-order valence-corrected chi connectivity index (χ3v) is 2.55. The highest BCUT2D eigenvalue weighted by Gasteiger charge is 2.12. The van der Waals surface area contributed by atoms with Crippen molar-refractivity contribution in [1.82, 2.24) is 10.6 Å². The summed E-state index contributed by atoms with van der Waals surface area (Å²) in [6.45, 7) is 4.79. The monoisotopic (exact) mass is 277 g/mol. The van der Waals surface area contributed by atoms with Crippen molar-refractivity contribution in [2.75, 3.05) is 5.32 Å². The first kappa shape index (κ1) is 15.7. The van der Waals surface area contributed by atoms with Gasteiger partial charge in [0.05, 0.1) is 0 Å². The van der Waals surface area contributed by atoms with Crippen molar-refractivity contribution >= 4 is 23.4 Å². The second-order valence-corrected chi connectivity index (χ2v) is 4.52. The van der Waals surface area contributed by atoms with E-state index < -0.39 is 6.04 Å². The molecule has 0 saturated heterocycles. The number of carbonyl (C=O) groups is 3. The second-order valence-electron chi connectivity index (χ2n) is 4.52. The molecular formula is C14H19N3O3. The third-order valence-electron chi connectivity index (χ3n) is 2.55. The molecule has 0 spiro atoms. The van der Waals surface area contributed by atoms with Gasteiger partial charge in [0.15, 0.2) is 0 Å². The Morgan fingerprint density at radius 1 is 1.05 bits per heavy atom. The molecule has 0 aromatic heterocycles. The lowest BCUT2D eigenvalue weighted by molar-refractivity contribution is -0.127. The van der Waals surface area contributed by atoms with Crippen LogP contribution in [0.5, 0.6) is 0 Å². The van der Waals surface area contributed by atoms with Crippen LogP contribution in [-0.2, 0) is 20.9 Å². The first-order valence-electron chi connectivity index (χ1n) is 6.30. The molecule has 1 atom stereocenters. The van der Waals surface area contributed by atoms with Gasteiger partial charge in [0.1, 0.15) is 6.04 Å². The molecule has 1 rings (SSSR count). The van der Waals surface area contributed by atoms with Crippen LogP contribution in [0, 0.1) is 0 Å². The number of nitrogens with one attached hydrogen (secondary N) is 3. The van der Waals surface area contributed by atoms with E-state index >= 15 is 0 Å². The highest BCUT2D eigenvalue weighted by Crippen LogP contribution is 2.09. The van der Waals surface area contributed by atoms with E-state index in [-0.39, 0.29) is 17.7 Å². The van der Waals surface area contributed by atoms with E-state index in [1.807, 2.05) is 12.1 Å². The lowest BCUT2D eigenvalue weighted by atomic mass is 10.2. The molecule has 0 aliphatic rings. The van der Waals surface area contributed by atoms with E-state index in [0.29, 0.717) is 12.2 Å². The average molecular weight is 277 g/mol. The number of carbonyl (C=O) groups excluding carboxylic acids is 3. The van der Waals surface area contributed by atoms with Gasteiger partial charge in [-0.2, -0.15) is 0 Å². The van der Waals surface area contributed by atoms with Gasteiger partial charge in [0.25, 0.3) is 0 Å².